The summed E-state index contributed by atoms with van der Waals surface area (Å²) in [6.07, 6.45) is 0. The first-order chi connectivity index (χ1) is 11.0. The Morgan fingerprint density at radius 2 is 2.04 bits per heavy atom. The Morgan fingerprint density at radius 1 is 1.30 bits per heavy atom. The second-order valence-electron chi connectivity index (χ2n) is 5.08. The fourth-order valence-corrected chi connectivity index (χ4v) is 2.09. The predicted molar refractivity (Wildman–Crippen MR) is 86.7 cm³/mol. The first-order valence-electron chi connectivity index (χ1n) is 7.11. The van der Waals surface area contributed by atoms with Crippen LogP contribution in [0.1, 0.15) is 11.3 Å². The van der Waals surface area contributed by atoms with E-state index in [1.165, 1.54) is 0 Å². The van der Waals surface area contributed by atoms with Crippen molar-refractivity contribution in [1.29, 1.82) is 0 Å². The number of rotatable bonds is 2. The van der Waals surface area contributed by atoms with Crippen LogP contribution < -0.4 is 26.1 Å². The lowest BCUT2D eigenvalue weighted by atomic mass is 10.2. The molecule has 0 spiro atoms. The predicted octanol–water partition coefficient (Wildman–Crippen LogP) is 1.22. The van der Waals surface area contributed by atoms with Crippen LogP contribution in [0.2, 0.25) is 0 Å². The van der Waals surface area contributed by atoms with Gasteiger partial charge in [-0.25, -0.2) is 4.98 Å². The number of aromatic nitrogens is 2. The SMILES string of the molecule is Cc1nc(N=C(N)Nc2ccc3c(c2)OCCO3)[nH]c(=O)c1C. The van der Waals surface area contributed by atoms with Gasteiger partial charge in [0, 0.05) is 23.0 Å². The van der Waals surface area contributed by atoms with E-state index in [2.05, 4.69) is 20.3 Å². The minimum atomic E-state index is -0.233. The highest BCUT2D eigenvalue weighted by Gasteiger charge is 2.12. The fraction of sp³-hybridized carbons (Fsp3) is 0.267. The molecule has 4 N–H and O–H groups in total. The second kappa shape index (κ2) is 5.99. The zero-order valence-electron chi connectivity index (χ0n) is 12.8. The average molecular weight is 315 g/mol. The van der Waals surface area contributed by atoms with E-state index >= 15 is 0 Å². The highest BCUT2D eigenvalue weighted by atomic mass is 16.6. The van der Waals surface area contributed by atoms with E-state index in [9.17, 15) is 4.79 Å². The van der Waals surface area contributed by atoms with Gasteiger partial charge < -0.3 is 20.5 Å². The molecule has 0 saturated heterocycles. The molecule has 0 fully saturated rings. The summed E-state index contributed by atoms with van der Waals surface area (Å²) in [5.74, 6) is 1.60. The van der Waals surface area contributed by atoms with Gasteiger partial charge in [0.2, 0.25) is 11.9 Å². The molecule has 1 aromatic heterocycles. The summed E-state index contributed by atoms with van der Waals surface area (Å²) in [5, 5.41) is 2.92. The van der Waals surface area contributed by atoms with E-state index in [0.29, 0.717) is 41.7 Å². The number of nitrogens with two attached hydrogens (primary N) is 1. The number of aromatic amines is 1. The van der Waals surface area contributed by atoms with Gasteiger partial charge >= 0.3 is 0 Å². The van der Waals surface area contributed by atoms with E-state index in [4.69, 9.17) is 15.2 Å². The van der Waals surface area contributed by atoms with Crippen molar-refractivity contribution < 1.29 is 9.47 Å². The molecule has 1 aliphatic heterocycles. The van der Waals surface area contributed by atoms with Crippen LogP contribution in [0.4, 0.5) is 11.6 Å². The molecule has 0 bridgehead atoms. The zero-order chi connectivity index (χ0) is 16.4. The molecule has 1 aliphatic rings. The van der Waals surface area contributed by atoms with Crippen molar-refractivity contribution in [1.82, 2.24) is 9.97 Å². The minimum Gasteiger partial charge on any atom is -0.486 e. The number of hydrogen-bond donors (Lipinski definition) is 3. The number of hydrogen-bond acceptors (Lipinski definition) is 5. The van der Waals surface area contributed by atoms with Gasteiger partial charge in [0.05, 0.1) is 0 Å². The Balaban J connectivity index is 1.81. The van der Waals surface area contributed by atoms with Crippen LogP contribution in [0.3, 0.4) is 0 Å². The maximum atomic E-state index is 11.7. The molecule has 0 unspecified atom stereocenters. The maximum Gasteiger partial charge on any atom is 0.255 e. The summed E-state index contributed by atoms with van der Waals surface area (Å²) in [6.45, 7) is 4.49. The van der Waals surface area contributed by atoms with Crippen LogP contribution in [0.25, 0.3) is 0 Å². The first kappa shape index (κ1) is 14.9. The van der Waals surface area contributed by atoms with Crippen LogP contribution in [0.15, 0.2) is 28.0 Å². The zero-order valence-corrected chi connectivity index (χ0v) is 12.8. The van der Waals surface area contributed by atoms with Crippen molar-refractivity contribution in [2.24, 2.45) is 10.7 Å². The molecule has 0 saturated carbocycles. The molecule has 2 heterocycles. The Bertz CT molecular complexity index is 828. The molecule has 8 nitrogen and oxygen atoms in total. The summed E-state index contributed by atoms with van der Waals surface area (Å²) in [7, 11) is 0. The third-order valence-corrected chi connectivity index (χ3v) is 3.42. The number of aryl methyl sites for hydroxylation is 1. The number of aliphatic imine (C=N–C) groups is 1. The Kier molecular flexibility index (Phi) is 3.88. The molecule has 0 atom stereocenters. The van der Waals surface area contributed by atoms with Crippen molar-refractivity contribution in [3.8, 4) is 11.5 Å². The van der Waals surface area contributed by atoms with Crippen molar-refractivity contribution in [3.63, 3.8) is 0 Å². The lowest BCUT2D eigenvalue weighted by Gasteiger charge is -2.19. The van der Waals surface area contributed by atoms with Crippen molar-refractivity contribution >= 4 is 17.6 Å². The molecule has 1 aromatic carbocycles. The molecule has 0 aliphatic carbocycles. The molecule has 0 radical (unpaired) electrons. The van der Waals surface area contributed by atoms with Crippen LogP contribution in [-0.4, -0.2) is 29.1 Å². The van der Waals surface area contributed by atoms with Gasteiger partial charge in [0.1, 0.15) is 13.2 Å². The number of nitrogens with one attached hydrogen (secondary N) is 2. The van der Waals surface area contributed by atoms with Gasteiger partial charge in [0.15, 0.2) is 11.5 Å². The third-order valence-electron chi connectivity index (χ3n) is 3.42. The van der Waals surface area contributed by atoms with E-state index in [-0.39, 0.29) is 17.5 Å². The number of ether oxygens (including phenoxy) is 2. The van der Waals surface area contributed by atoms with Gasteiger partial charge in [-0.3, -0.25) is 9.78 Å². The third kappa shape index (κ3) is 3.25. The standard InChI is InChI=1S/C15H17N5O3/c1-8-9(2)17-15(19-13(8)21)20-14(16)18-10-3-4-11-12(7-10)23-6-5-22-11/h3-4,7H,5-6H2,1-2H3,(H4,16,17,18,19,20,21). The molecule has 23 heavy (non-hydrogen) atoms. The summed E-state index contributed by atoms with van der Waals surface area (Å²) >= 11 is 0. The lowest BCUT2D eigenvalue weighted by molar-refractivity contribution is 0.171. The Morgan fingerprint density at radius 3 is 2.78 bits per heavy atom. The van der Waals surface area contributed by atoms with Crippen LogP contribution in [0, 0.1) is 13.8 Å². The molecule has 3 rings (SSSR count). The molecular formula is C15H17N5O3. The van der Waals surface area contributed by atoms with Gasteiger partial charge in [-0.05, 0) is 26.0 Å². The molecule has 0 amide bonds. The van der Waals surface area contributed by atoms with E-state index in [1.807, 2.05) is 0 Å². The topological polar surface area (TPSA) is 115 Å². The van der Waals surface area contributed by atoms with Crippen molar-refractivity contribution in [3.05, 3.63) is 39.8 Å². The monoisotopic (exact) mass is 315 g/mol. The van der Waals surface area contributed by atoms with Gasteiger partial charge in [-0.2, -0.15) is 4.99 Å². The summed E-state index contributed by atoms with van der Waals surface area (Å²) in [6, 6.07) is 5.36. The highest BCUT2D eigenvalue weighted by Crippen LogP contribution is 2.32. The van der Waals surface area contributed by atoms with E-state index < -0.39 is 0 Å². The van der Waals surface area contributed by atoms with Crippen molar-refractivity contribution in [2.45, 2.75) is 13.8 Å². The highest BCUT2D eigenvalue weighted by molar-refractivity contribution is 5.93. The van der Waals surface area contributed by atoms with Gasteiger partial charge in [0.25, 0.3) is 5.56 Å². The summed E-state index contributed by atoms with van der Waals surface area (Å²) in [5.41, 5.74) is 7.49. The number of nitrogens with zero attached hydrogens (tertiary/aromatic N) is 2. The largest absolute Gasteiger partial charge is 0.486 e. The fourth-order valence-electron chi connectivity index (χ4n) is 2.09. The number of anilines is 1. The van der Waals surface area contributed by atoms with E-state index in [0.717, 1.165) is 0 Å². The van der Waals surface area contributed by atoms with E-state index in [1.54, 1.807) is 32.0 Å². The van der Waals surface area contributed by atoms with Crippen molar-refractivity contribution in [2.75, 3.05) is 18.5 Å². The van der Waals surface area contributed by atoms with Crippen LogP contribution in [0.5, 0.6) is 11.5 Å². The number of benzene rings is 1. The smallest absolute Gasteiger partial charge is 0.255 e. The molecule has 8 heteroatoms. The first-order valence-corrected chi connectivity index (χ1v) is 7.11. The number of guanidine groups is 1. The maximum absolute atomic E-state index is 11.7. The minimum absolute atomic E-state index is 0.105. The van der Waals surface area contributed by atoms with Gasteiger partial charge in [-0.1, -0.05) is 0 Å². The molecule has 120 valence electrons. The molecular weight excluding hydrogens is 298 g/mol. The normalized spacial score (nSPS) is 13.7. The Labute approximate surface area is 132 Å². The van der Waals surface area contributed by atoms with Crippen LogP contribution in [-0.2, 0) is 0 Å². The lowest BCUT2D eigenvalue weighted by Crippen LogP contribution is -2.23. The average Bonchev–Trinajstić information content (AvgIpc) is 2.52. The number of H-pyrrole nitrogens is 1. The summed E-state index contributed by atoms with van der Waals surface area (Å²) < 4.78 is 11.0. The quantitative estimate of drug-likeness (QED) is 0.567. The second-order valence-corrected chi connectivity index (χ2v) is 5.08. The van der Waals surface area contributed by atoms with Crippen LogP contribution >= 0.6 is 0 Å². The number of fused-ring (bicyclic) bond motifs is 1. The summed E-state index contributed by atoms with van der Waals surface area (Å²) in [4.78, 5) is 22.5. The molecule has 2 aromatic rings. The van der Waals surface area contributed by atoms with Gasteiger partial charge in [-0.15, -0.1) is 0 Å². The Hall–Kier alpha value is -3.03.